The molecule has 1 aliphatic carbocycles. The molecule has 2 rings (SSSR count). The SMILES string of the molecule is COC1CCCCC1N1CCCC(C(C)(C)C(=O)O)C1. The molecule has 20 heavy (non-hydrogen) atoms. The summed E-state index contributed by atoms with van der Waals surface area (Å²) in [6.07, 6.45) is 7.33. The first kappa shape index (κ1) is 15.8. The number of nitrogens with zero attached hydrogens (tertiary/aromatic N) is 1. The number of rotatable bonds is 4. The minimum Gasteiger partial charge on any atom is -0.481 e. The fourth-order valence-electron chi connectivity index (χ4n) is 3.84. The van der Waals surface area contributed by atoms with Crippen LogP contribution in [-0.2, 0) is 9.53 Å². The normalized spacial score (nSPS) is 33.0. The lowest BCUT2D eigenvalue weighted by Crippen LogP contribution is -2.53. The van der Waals surface area contributed by atoms with Gasteiger partial charge in [0.25, 0.3) is 0 Å². The van der Waals surface area contributed by atoms with Crippen LogP contribution < -0.4 is 0 Å². The number of hydrogen-bond acceptors (Lipinski definition) is 3. The van der Waals surface area contributed by atoms with Crippen LogP contribution in [0, 0.1) is 11.3 Å². The number of methoxy groups -OCH3 is 1. The van der Waals surface area contributed by atoms with Gasteiger partial charge in [-0.3, -0.25) is 9.69 Å². The molecule has 2 aliphatic rings. The number of ether oxygens (including phenoxy) is 1. The lowest BCUT2D eigenvalue weighted by Gasteiger charge is -2.45. The zero-order valence-corrected chi connectivity index (χ0v) is 13.1. The van der Waals surface area contributed by atoms with Gasteiger partial charge in [0.1, 0.15) is 0 Å². The van der Waals surface area contributed by atoms with Gasteiger partial charge in [-0.25, -0.2) is 0 Å². The topological polar surface area (TPSA) is 49.8 Å². The van der Waals surface area contributed by atoms with E-state index in [1.807, 2.05) is 21.0 Å². The Bertz CT molecular complexity index is 343. The second kappa shape index (κ2) is 6.44. The molecule has 0 aromatic carbocycles. The van der Waals surface area contributed by atoms with E-state index in [0.29, 0.717) is 12.1 Å². The van der Waals surface area contributed by atoms with Gasteiger partial charge in [-0.1, -0.05) is 12.8 Å². The Hall–Kier alpha value is -0.610. The van der Waals surface area contributed by atoms with Crippen LogP contribution in [0.15, 0.2) is 0 Å². The van der Waals surface area contributed by atoms with Gasteiger partial charge < -0.3 is 9.84 Å². The third kappa shape index (κ3) is 3.17. The second-order valence-electron chi connectivity index (χ2n) is 6.99. The van der Waals surface area contributed by atoms with Gasteiger partial charge in [-0.05, 0) is 52.0 Å². The molecule has 0 aromatic rings. The number of carboxylic acids is 1. The standard InChI is InChI=1S/C16H29NO3/c1-16(2,15(18)19)12-7-6-10-17(11-12)13-8-4-5-9-14(13)20-3/h12-14H,4-11H2,1-3H3,(H,18,19). The molecule has 0 spiro atoms. The molecule has 1 N–H and O–H groups in total. The van der Waals surface area contributed by atoms with Crippen molar-refractivity contribution in [2.45, 2.75) is 64.5 Å². The molecule has 4 heteroatoms. The Morgan fingerprint density at radius 3 is 2.55 bits per heavy atom. The van der Waals surface area contributed by atoms with Gasteiger partial charge in [0, 0.05) is 19.7 Å². The number of piperidine rings is 1. The van der Waals surface area contributed by atoms with E-state index in [1.54, 1.807) is 0 Å². The highest BCUT2D eigenvalue weighted by atomic mass is 16.5. The zero-order valence-electron chi connectivity index (χ0n) is 13.1. The van der Waals surface area contributed by atoms with Crippen LogP contribution in [0.5, 0.6) is 0 Å². The van der Waals surface area contributed by atoms with Crippen molar-refractivity contribution in [2.24, 2.45) is 11.3 Å². The van der Waals surface area contributed by atoms with Crippen LogP contribution >= 0.6 is 0 Å². The van der Waals surface area contributed by atoms with Gasteiger partial charge in [0.2, 0.25) is 0 Å². The van der Waals surface area contributed by atoms with E-state index in [9.17, 15) is 9.90 Å². The summed E-state index contributed by atoms with van der Waals surface area (Å²) in [6, 6.07) is 0.487. The molecule has 116 valence electrons. The molecule has 1 heterocycles. The van der Waals surface area contributed by atoms with E-state index in [0.717, 1.165) is 32.4 Å². The third-order valence-corrected chi connectivity index (χ3v) is 5.46. The van der Waals surface area contributed by atoms with Crippen LogP contribution in [0.1, 0.15) is 52.4 Å². The van der Waals surface area contributed by atoms with Crippen molar-refractivity contribution in [3.8, 4) is 0 Å². The monoisotopic (exact) mass is 283 g/mol. The van der Waals surface area contributed by atoms with E-state index in [-0.39, 0.29) is 5.92 Å². The molecular weight excluding hydrogens is 254 g/mol. The third-order valence-electron chi connectivity index (χ3n) is 5.46. The highest BCUT2D eigenvalue weighted by Gasteiger charge is 2.41. The van der Waals surface area contributed by atoms with E-state index in [1.165, 1.54) is 19.3 Å². The van der Waals surface area contributed by atoms with E-state index >= 15 is 0 Å². The van der Waals surface area contributed by atoms with E-state index in [4.69, 9.17) is 4.74 Å². The highest BCUT2D eigenvalue weighted by molar-refractivity contribution is 5.74. The Morgan fingerprint density at radius 1 is 1.20 bits per heavy atom. The fraction of sp³-hybridized carbons (Fsp3) is 0.938. The van der Waals surface area contributed by atoms with Crippen molar-refractivity contribution in [1.29, 1.82) is 0 Å². The molecule has 1 aliphatic heterocycles. The van der Waals surface area contributed by atoms with E-state index in [2.05, 4.69) is 4.90 Å². The van der Waals surface area contributed by atoms with Gasteiger partial charge >= 0.3 is 5.97 Å². The Labute approximate surface area is 122 Å². The van der Waals surface area contributed by atoms with Crippen molar-refractivity contribution in [2.75, 3.05) is 20.2 Å². The minimum absolute atomic E-state index is 0.244. The molecule has 4 nitrogen and oxygen atoms in total. The Balaban J connectivity index is 2.04. The first-order valence-corrected chi connectivity index (χ1v) is 7.97. The van der Waals surface area contributed by atoms with Gasteiger partial charge in [0.05, 0.1) is 11.5 Å². The van der Waals surface area contributed by atoms with Crippen molar-refractivity contribution < 1.29 is 14.6 Å². The lowest BCUT2D eigenvalue weighted by molar-refractivity contribution is -0.152. The summed E-state index contributed by atoms with van der Waals surface area (Å²) in [5.41, 5.74) is -0.629. The second-order valence-corrected chi connectivity index (χ2v) is 6.99. The van der Waals surface area contributed by atoms with Gasteiger partial charge in [-0.2, -0.15) is 0 Å². The predicted octanol–water partition coefficient (Wildman–Crippen LogP) is 2.77. The lowest BCUT2D eigenvalue weighted by atomic mass is 9.74. The van der Waals surface area contributed by atoms with Crippen LogP contribution in [0.3, 0.4) is 0 Å². The fourth-order valence-corrected chi connectivity index (χ4v) is 3.84. The van der Waals surface area contributed by atoms with Gasteiger partial charge in [-0.15, -0.1) is 0 Å². The summed E-state index contributed by atoms with van der Waals surface area (Å²) in [7, 11) is 1.81. The number of carboxylic acid groups (broad SMARTS) is 1. The molecule has 2 fully saturated rings. The summed E-state index contributed by atoms with van der Waals surface area (Å²) in [5, 5.41) is 9.45. The van der Waals surface area contributed by atoms with Crippen molar-refractivity contribution in [1.82, 2.24) is 4.90 Å². The molecule has 1 saturated carbocycles. The Morgan fingerprint density at radius 2 is 1.90 bits per heavy atom. The van der Waals surface area contributed by atoms with Crippen molar-refractivity contribution in [3.05, 3.63) is 0 Å². The maximum Gasteiger partial charge on any atom is 0.309 e. The number of carbonyl (C=O) groups is 1. The predicted molar refractivity (Wildman–Crippen MR) is 78.8 cm³/mol. The largest absolute Gasteiger partial charge is 0.481 e. The zero-order chi connectivity index (χ0) is 14.8. The number of aliphatic carboxylic acids is 1. The molecule has 0 radical (unpaired) electrons. The molecular formula is C16H29NO3. The summed E-state index contributed by atoms with van der Waals surface area (Å²) in [4.78, 5) is 14.0. The van der Waals surface area contributed by atoms with E-state index < -0.39 is 11.4 Å². The molecule has 3 unspecified atom stereocenters. The average Bonchev–Trinajstić information content (AvgIpc) is 2.47. The van der Waals surface area contributed by atoms with Crippen LogP contribution in [-0.4, -0.2) is 48.3 Å². The quantitative estimate of drug-likeness (QED) is 0.862. The molecule has 0 bridgehead atoms. The smallest absolute Gasteiger partial charge is 0.309 e. The van der Waals surface area contributed by atoms with Crippen LogP contribution in [0.25, 0.3) is 0 Å². The average molecular weight is 283 g/mol. The molecule has 3 atom stereocenters. The number of hydrogen-bond donors (Lipinski definition) is 1. The van der Waals surface area contributed by atoms with Crippen LogP contribution in [0.2, 0.25) is 0 Å². The van der Waals surface area contributed by atoms with Crippen molar-refractivity contribution >= 4 is 5.97 Å². The van der Waals surface area contributed by atoms with Crippen LogP contribution in [0.4, 0.5) is 0 Å². The molecule has 0 aromatic heterocycles. The Kier molecular flexibility index (Phi) is 5.08. The number of likely N-dealkylation sites (tertiary alicyclic amines) is 1. The minimum atomic E-state index is -0.670. The first-order chi connectivity index (χ1) is 9.46. The highest BCUT2D eigenvalue weighted by Crippen LogP contribution is 2.36. The first-order valence-electron chi connectivity index (χ1n) is 7.97. The summed E-state index contributed by atoms with van der Waals surface area (Å²) in [6.45, 7) is 5.75. The van der Waals surface area contributed by atoms with Crippen molar-refractivity contribution in [3.63, 3.8) is 0 Å². The van der Waals surface area contributed by atoms with Gasteiger partial charge in [0.15, 0.2) is 0 Å². The summed E-state index contributed by atoms with van der Waals surface area (Å²) < 4.78 is 5.67. The molecule has 1 saturated heterocycles. The summed E-state index contributed by atoms with van der Waals surface area (Å²) in [5.74, 6) is -0.426. The maximum absolute atomic E-state index is 11.5. The summed E-state index contributed by atoms with van der Waals surface area (Å²) >= 11 is 0. The maximum atomic E-state index is 11.5. The molecule has 0 amide bonds.